The summed E-state index contributed by atoms with van der Waals surface area (Å²) in [6, 6.07) is 8.61. The van der Waals surface area contributed by atoms with Crippen molar-refractivity contribution in [3.8, 4) is 0 Å². The zero-order valence-electron chi connectivity index (χ0n) is 14.3. The molecule has 1 amide bonds. The molecule has 5 nitrogen and oxygen atoms in total. The summed E-state index contributed by atoms with van der Waals surface area (Å²) in [7, 11) is 2.12. The Balaban J connectivity index is 1.35. The number of benzene rings is 1. The van der Waals surface area contributed by atoms with Crippen molar-refractivity contribution in [3.05, 3.63) is 36.0 Å². The third-order valence-electron chi connectivity index (χ3n) is 5.56. The summed E-state index contributed by atoms with van der Waals surface area (Å²) >= 11 is 0. The van der Waals surface area contributed by atoms with Gasteiger partial charge in [0.25, 0.3) is 0 Å². The average molecular weight is 327 g/mol. The summed E-state index contributed by atoms with van der Waals surface area (Å²) in [6.07, 6.45) is 5.34. The van der Waals surface area contributed by atoms with E-state index in [4.69, 9.17) is 4.74 Å². The van der Waals surface area contributed by atoms with Crippen LogP contribution in [0.25, 0.3) is 10.9 Å². The van der Waals surface area contributed by atoms with Crippen LogP contribution in [0, 0.1) is 0 Å². The Hall–Kier alpha value is -1.85. The fourth-order valence-electron chi connectivity index (χ4n) is 3.99. The molecule has 2 fully saturated rings. The van der Waals surface area contributed by atoms with Crippen molar-refractivity contribution in [1.29, 1.82) is 0 Å². The van der Waals surface area contributed by atoms with E-state index in [2.05, 4.69) is 52.3 Å². The number of aryl methyl sites for hydroxylation is 1. The van der Waals surface area contributed by atoms with Crippen molar-refractivity contribution in [1.82, 2.24) is 14.8 Å². The molecule has 0 saturated carbocycles. The molecule has 4 rings (SSSR count). The van der Waals surface area contributed by atoms with Gasteiger partial charge in [0.05, 0.1) is 5.60 Å². The Labute approximate surface area is 142 Å². The molecule has 1 aromatic heterocycles. The van der Waals surface area contributed by atoms with Crippen molar-refractivity contribution in [2.24, 2.45) is 7.05 Å². The molecule has 128 valence electrons. The summed E-state index contributed by atoms with van der Waals surface area (Å²) in [6.45, 7) is 4.05. The van der Waals surface area contributed by atoms with Gasteiger partial charge in [0.15, 0.2) is 0 Å². The van der Waals surface area contributed by atoms with Crippen LogP contribution >= 0.6 is 0 Å². The molecule has 0 radical (unpaired) electrons. The molecule has 0 atom stereocenters. The second-order valence-corrected chi connectivity index (χ2v) is 7.12. The molecular formula is C19H25N3O2. The molecule has 0 unspecified atom stereocenters. The van der Waals surface area contributed by atoms with E-state index in [1.807, 2.05) is 0 Å². The first-order valence-corrected chi connectivity index (χ1v) is 8.81. The number of carbonyl (C=O) groups is 1. The number of aromatic nitrogens is 1. The molecule has 2 aliphatic rings. The van der Waals surface area contributed by atoms with Crippen LogP contribution in [0.4, 0.5) is 0 Å². The zero-order chi connectivity index (χ0) is 16.6. The maximum atomic E-state index is 11.3. The Bertz CT molecular complexity index is 732. The van der Waals surface area contributed by atoms with Crippen molar-refractivity contribution in [2.75, 3.05) is 32.8 Å². The molecule has 1 N–H and O–H groups in total. The van der Waals surface area contributed by atoms with Crippen molar-refractivity contribution < 1.29 is 9.53 Å². The number of nitrogens with one attached hydrogen (secondary N) is 1. The van der Waals surface area contributed by atoms with Crippen LogP contribution in [0.5, 0.6) is 0 Å². The van der Waals surface area contributed by atoms with Crippen LogP contribution in [-0.4, -0.2) is 53.8 Å². The van der Waals surface area contributed by atoms with E-state index in [0.717, 1.165) is 38.9 Å². The van der Waals surface area contributed by atoms with E-state index in [-0.39, 0.29) is 18.1 Å². The summed E-state index contributed by atoms with van der Waals surface area (Å²) in [5.41, 5.74) is 2.61. The van der Waals surface area contributed by atoms with Crippen molar-refractivity contribution in [3.63, 3.8) is 0 Å². The Morgan fingerprint density at radius 2 is 2.04 bits per heavy atom. The lowest BCUT2D eigenvalue weighted by Crippen LogP contribution is -2.57. The van der Waals surface area contributed by atoms with Gasteiger partial charge in [0, 0.05) is 50.3 Å². The van der Waals surface area contributed by atoms with Gasteiger partial charge >= 0.3 is 0 Å². The van der Waals surface area contributed by atoms with E-state index < -0.39 is 0 Å². The molecule has 2 aliphatic heterocycles. The van der Waals surface area contributed by atoms with Crippen LogP contribution < -0.4 is 5.32 Å². The van der Waals surface area contributed by atoms with Crippen molar-refractivity contribution in [2.45, 2.75) is 24.9 Å². The van der Waals surface area contributed by atoms with E-state index in [9.17, 15) is 4.79 Å². The minimum absolute atomic E-state index is 0.0130. The first-order chi connectivity index (χ1) is 11.7. The van der Waals surface area contributed by atoms with Gasteiger partial charge in [-0.15, -0.1) is 0 Å². The van der Waals surface area contributed by atoms with Crippen molar-refractivity contribution >= 4 is 16.8 Å². The van der Waals surface area contributed by atoms with Crippen LogP contribution in [0.15, 0.2) is 30.5 Å². The molecule has 2 saturated heterocycles. The summed E-state index contributed by atoms with van der Waals surface area (Å²) in [5.74, 6) is 0.0130. The number of piperidine rings is 1. The summed E-state index contributed by atoms with van der Waals surface area (Å²) in [5, 5.41) is 4.32. The Morgan fingerprint density at radius 1 is 1.25 bits per heavy atom. The number of hydrogen-bond donors (Lipinski definition) is 1. The average Bonchev–Trinajstić information content (AvgIpc) is 2.94. The molecule has 2 aromatic rings. The first-order valence-electron chi connectivity index (χ1n) is 8.81. The highest BCUT2D eigenvalue weighted by molar-refractivity contribution is 5.83. The lowest BCUT2D eigenvalue weighted by atomic mass is 9.90. The lowest BCUT2D eigenvalue weighted by Gasteiger charge is -2.43. The van der Waals surface area contributed by atoms with Crippen LogP contribution in [-0.2, 0) is 23.0 Å². The highest BCUT2D eigenvalue weighted by Crippen LogP contribution is 2.28. The number of para-hydroxylation sites is 1. The standard InChI is InChI=1S/C19H25N3O2/c1-21-12-15(16-4-2-3-5-17(16)21)6-9-22-10-7-19(8-11-22)14-20-18(23)13-24-19/h2-5,12H,6-11,13-14H2,1H3,(H,20,23). The smallest absolute Gasteiger partial charge is 0.246 e. The number of fused-ring (bicyclic) bond motifs is 1. The highest BCUT2D eigenvalue weighted by atomic mass is 16.5. The number of ether oxygens (including phenoxy) is 1. The first kappa shape index (κ1) is 15.7. The number of rotatable bonds is 3. The molecule has 5 heteroatoms. The number of carbonyl (C=O) groups excluding carboxylic acids is 1. The SMILES string of the molecule is Cn1cc(CCN2CCC3(CC2)CNC(=O)CO3)c2ccccc21. The van der Waals surface area contributed by atoms with Gasteiger partial charge < -0.3 is 19.5 Å². The van der Waals surface area contributed by atoms with E-state index >= 15 is 0 Å². The second kappa shape index (κ2) is 6.22. The number of morpholine rings is 1. The lowest BCUT2D eigenvalue weighted by molar-refractivity contribution is -0.150. The predicted octanol–water partition coefficient (Wildman–Crippen LogP) is 1.70. The topological polar surface area (TPSA) is 46.5 Å². The minimum atomic E-state index is -0.121. The molecule has 0 bridgehead atoms. The normalized spacial score (nSPS) is 21.3. The van der Waals surface area contributed by atoms with E-state index in [0.29, 0.717) is 6.54 Å². The molecule has 24 heavy (non-hydrogen) atoms. The zero-order valence-corrected chi connectivity index (χ0v) is 14.3. The van der Waals surface area contributed by atoms with Gasteiger partial charge in [0.2, 0.25) is 5.91 Å². The third kappa shape index (κ3) is 2.94. The molecule has 1 spiro atoms. The molecule has 1 aromatic carbocycles. The number of hydrogen-bond acceptors (Lipinski definition) is 3. The quantitative estimate of drug-likeness (QED) is 0.933. The van der Waals surface area contributed by atoms with E-state index in [1.165, 1.54) is 16.5 Å². The largest absolute Gasteiger partial charge is 0.363 e. The summed E-state index contributed by atoms with van der Waals surface area (Å²) in [4.78, 5) is 13.8. The number of amides is 1. The Kier molecular flexibility index (Phi) is 4.06. The van der Waals surface area contributed by atoms with Crippen LogP contribution in [0.2, 0.25) is 0 Å². The van der Waals surface area contributed by atoms with Crippen LogP contribution in [0.1, 0.15) is 18.4 Å². The monoisotopic (exact) mass is 327 g/mol. The van der Waals surface area contributed by atoms with E-state index in [1.54, 1.807) is 0 Å². The minimum Gasteiger partial charge on any atom is -0.363 e. The van der Waals surface area contributed by atoms with Gasteiger partial charge in [-0.1, -0.05) is 18.2 Å². The molecule has 0 aliphatic carbocycles. The maximum absolute atomic E-state index is 11.3. The highest BCUT2D eigenvalue weighted by Gasteiger charge is 2.38. The van der Waals surface area contributed by atoms with Gasteiger partial charge in [-0.3, -0.25) is 4.79 Å². The number of nitrogens with zero attached hydrogens (tertiary/aromatic N) is 2. The third-order valence-corrected chi connectivity index (χ3v) is 5.56. The fraction of sp³-hybridized carbons (Fsp3) is 0.526. The summed E-state index contributed by atoms with van der Waals surface area (Å²) < 4.78 is 8.07. The van der Waals surface area contributed by atoms with Gasteiger partial charge in [-0.2, -0.15) is 0 Å². The van der Waals surface area contributed by atoms with Crippen LogP contribution in [0.3, 0.4) is 0 Å². The number of likely N-dealkylation sites (tertiary alicyclic amines) is 1. The van der Waals surface area contributed by atoms with Gasteiger partial charge in [0.1, 0.15) is 6.61 Å². The maximum Gasteiger partial charge on any atom is 0.246 e. The molecule has 3 heterocycles. The Morgan fingerprint density at radius 3 is 2.79 bits per heavy atom. The molecular weight excluding hydrogens is 302 g/mol. The predicted molar refractivity (Wildman–Crippen MR) is 94.0 cm³/mol. The second-order valence-electron chi connectivity index (χ2n) is 7.12. The fourth-order valence-corrected chi connectivity index (χ4v) is 3.99. The van der Waals surface area contributed by atoms with Gasteiger partial charge in [-0.05, 0) is 30.9 Å². The van der Waals surface area contributed by atoms with Gasteiger partial charge in [-0.25, -0.2) is 0 Å².